The first-order chi connectivity index (χ1) is 14.5. The molecule has 160 valence electrons. The zero-order valence-corrected chi connectivity index (χ0v) is 18.3. The fourth-order valence-corrected chi connectivity index (χ4v) is 2.86. The van der Waals surface area contributed by atoms with Crippen LogP contribution in [0, 0.1) is 0 Å². The molecule has 0 unspecified atom stereocenters. The van der Waals surface area contributed by atoms with Crippen molar-refractivity contribution in [1.82, 2.24) is 10.6 Å². The van der Waals surface area contributed by atoms with Gasteiger partial charge in [-0.1, -0.05) is 44.9 Å². The molecule has 2 rings (SSSR count). The second kappa shape index (κ2) is 12.6. The fourth-order valence-electron chi connectivity index (χ4n) is 2.65. The number of anilines is 1. The summed E-state index contributed by atoms with van der Waals surface area (Å²) in [7, 11) is 0. The van der Waals surface area contributed by atoms with E-state index < -0.39 is 0 Å². The summed E-state index contributed by atoms with van der Waals surface area (Å²) in [6, 6.07) is 14.0. The van der Waals surface area contributed by atoms with Gasteiger partial charge >= 0.3 is 0 Å². The second-order valence-corrected chi connectivity index (χ2v) is 7.20. The summed E-state index contributed by atoms with van der Waals surface area (Å²) in [4.78, 5) is 25.0. The van der Waals surface area contributed by atoms with E-state index in [2.05, 4.69) is 29.8 Å². The van der Waals surface area contributed by atoms with E-state index in [1.165, 1.54) is 0 Å². The average Bonchev–Trinajstić information content (AvgIpc) is 2.74. The van der Waals surface area contributed by atoms with Gasteiger partial charge in [-0.25, -0.2) is 0 Å². The molecule has 0 fully saturated rings. The zero-order valence-electron chi connectivity index (χ0n) is 17.5. The van der Waals surface area contributed by atoms with Crippen molar-refractivity contribution < 1.29 is 14.3 Å². The van der Waals surface area contributed by atoms with Crippen LogP contribution < -0.4 is 20.7 Å². The van der Waals surface area contributed by atoms with E-state index in [-0.39, 0.29) is 16.9 Å². The lowest BCUT2D eigenvalue weighted by Gasteiger charge is -2.14. The molecule has 0 heterocycles. The summed E-state index contributed by atoms with van der Waals surface area (Å²) in [5.74, 6) is 0.111. The monoisotopic (exact) mass is 427 g/mol. The van der Waals surface area contributed by atoms with Crippen LogP contribution in [0.25, 0.3) is 0 Å². The van der Waals surface area contributed by atoms with Crippen LogP contribution in [0.5, 0.6) is 5.75 Å². The molecule has 0 aliphatic heterocycles. The molecule has 2 aromatic carbocycles. The van der Waals surface area contributed by atoms with Crippen molar-refractivity contribution in [3.8, 4) is 5.75 Å². The smallest absolute Gasteiger partial charge is 0.257 e. The third-order valence-corrected chi connectivity index (χ3v) is 4.53. The van der Waals surface area contributed by atoms with Gasteiger partial charge in [0.2, 0.25) is 0 Å². The number of para-hydroxylation sites is 1. The first-order valence-corrected chi connectivity index (χ1v) is 10.7. The minimum absolute atomic E-state index is 0.117. The van der Waals surface area contributed by atoms with Gasteiger partial charge in [0, 0.05) is 12.1 Å². The maximum atomic E-state index is 12.5. The Balaban J connectivity index is 1.98. The van der Waals surface area contributed by atoms with Gasteiger partial charge in [0.1, 0.15) is 5.75 Å². The Morgan fingerprint density at radius 2 is 1.73 bits per heavy atom. The molecular weight excluding hydrogens is 398 g/mol. The molecule has 6 nitrogen and oxygen atoms in total. The molecule has 0 aliphatic rings. The highest BCUT2D eigenvalue weighted by atomic mass is 32.1. The summed E-state index contributed by atoms with van der Waals surface area (Å²) in [6.45, 7) is 5.38. The summed E-state index contributed by atoms with van der Waals surface area (Å²) >= 11 is 5.28. The number of nitrogens with one attached hydrogen (secondary N) is 3. The highest BCUT2D eigenvalue weighted by molar-refractivity contribution is 7.80. The summed E-state index contributed by atoms with van der Waals surface area (Å²) in [6.07, 6.45) is 3.91. The molecule has 2 amide bonds. The Labute approximate surface area is 183 Å². The van der Waals surface area contributed by atoms with Crippen molar-refractivity contribution in [3.63, 3.8) is 0 Å². The number of hydrogen-bond acceptors (Lipinski definition) is 4. The molecule has 0 saturated carbocycles. The van der Waals surface area contributed by atoms with Crippen molar-refractivity contribution in [1.29, 1.82) is 0 Å². The Morgan fingerprint density at radius 1 is 0.967 bits per heavy atom. The zero-order chi connectivity index (χ0) is 21.8. The highest BCUT2D eigenvalue weighted by Crippen LogP contribution is 2.16. The summed E-state index contributed by atoms with van der Waals surface area (Å²) in [5, 5.41) is 8.60. The van der Waals surface area contributed by atoms with E-state index >= 15 is 0 Å². The normalized spacial score (nSPS) is 10.2. The predicted molar refractivity (Wildman–Crippen MR) is 124 cm³/mol. The first-order valence-electron chi connectivity index (χ1n) is 10.3. The minimum atomic E-state index is -0.349. The van der Waals surface area contributed by atoms with E-state index in [4.69, 9.17) is 17.0 Å². The van der Waals surface area contributed by atoms with Crippen LogP contribution in [0.4, 0.5) is 5.69 Å². The lowest BCUT2D eigenvalue weighted by Crippen LogP contribution is -2.35. The quantitative estimate of drug-likeness (QED) is 0.384. The molecular formula is C23H29N3O3S. The van der Waals surface area contributed by atoms with Crippen LogP contribution in [0.15, 0.2) is 48.5 Å². The number of carbonyl (C=O) groups is 2. The van der Waals surface area contributed by atoms with Crippen molar-refractivity contribution in [2.24, 2.45) is 0 Å². The lowest BCUT2D eigenvalue weighted by molar-refractivity contribution is 0.0952. The molecule has 3 N–H and O–H groups in total. The van der Waals surface area contributed by atoms with Crippen LogP contribution in [-0.2, 0) is 0 Å². The van der Waals surface area contributed by atoms with Gasteiger partial charge < -0.3 is 15.4 Å². The van der Waals surface area contributed by atoms with Gasteiger partial charge in [0.25, 0.3) is 11.8 Å². The Hall–Kier alpha value is -2.93. The average molecular weight is 428 g/mol. The first kappa shape index (κ1) is 23.3. The number of thiocarbonyl (C=S) groups is 1. The molecule has 0 saturated heterocycles. The molecule has 0 aromatic heterocycles. The number of rotatable bonds is 10. The van der Waals surface area contributed by atoms with Crippen molar-refractivity contribution in [2.75, 3.05) is 18.5 Å². The molecule has 0 aliphatic carbocycles. The third-order valence-electron chi connectivity index (χ3n) is 4.33. The largest absolute Gasteiger partial charge is 0.494 e. The van der Waals surface area contributed by atoms with Gasteiger partial charge in [-0.2, -0.15) is 0 Å². The van der Waals surface area contributed by atoms with Gasteiger partial charge in [0.15, 0.2) is 5.11 Å². The van der Waals surface area contributed by atoms with Crippen molar-refractivity contribution >= 4 is 34.8 Å². The number of benzene rings is 2. The maximum Gasteiger partial charge on any atom is 0.257 e. The molecule has 0 radical (unpaired) electrons. The highest BCUT2D eigenvalue weighted by Gasteiger charge is 2.13. The van der Waals surface area contributed by atoms with E-state index in [0.29, 0.717) is 35.7 Å². The number of amides is 2. The van der Waals surface area contributed by atoms with E-state index in [1.54, 1.807) is 42.5 Å². The molecule has 7 heteroatoms. The van der Waals surface area contributed by atoms with Crippen molar-refractivity contribution in [2.45, 2.75) is 39.5 Å². The standard InChI is InChI=1S/C23H29N3O3S/c1-3-5-14-24-22(28)19-12-7-8-13-20(19)25-23(30)26-21(27)17-10-9-11-18(16-17)29-15-6-4-2/h7-13,16H,3-6,14-15H2,1-2H3,(H,24,28)(H2,25,26,27,30). The maximum absolute atomic E-state index is 12.5. The molecule has 2 aromatic rings. The number of unbranched alkanes of at least 4 members (excludes halogenated alkanes) is 2. The SMILES string of the molecule is CCCCNC(=O)c1ccccc1NC(=S)NC(=O)c1cccc(OCCCC)c1. The summed E-state index contributed by atoms with van der Waals surface area (Å²) < 4.78 is 5.65. The van der Waals surface area contributed by atoms with Crippen LogP contribution in [0.1, 0.15) is 60.2 Å². The molecule has 0 spiro atoms. The fraction of sp³-hybridized carbons (Fsp3) is 0.348. The van der Waals surface area contributed by atoms with E-state index in [9.17, 15) is 9.59 Å². The number of hydrogen-bond donors (Lipinski definition) is 3. The Kier molecular flexibility index (Phi) is 9.80. The number of carbonyl (C=O) groups excluding carboxylic acids is 2. The Bertz CT molecular complexity index is 870. The molecule has 0 bridgehead atoms. The molecule has 30 heavy (non-hydrogen) atoms. The minimum Gasteiger partial charge on any atom is -0.494 e. The van der Waals surface area contributed by atoms with Gasteiger partial charge in [-0.15, -0.1) is 0 Å². The molecule has 0 atom stereocenters. The van der Waals surface area contributed by atoms with Crippen molar-refractivity contribution in [3.05, 3.63) is 59.7 Å². The summed E-state index contributed by atoms with van der Waals surface area (Å²) in [5.41, 5.74) is 1.45. The topological polar surface area (TPSA) is 79.5 Å². The predicted octanol–water partition coefficient (Wildman–Crippen LogP) is 4.52. The Morgan fingerprint density at radius 3 is 2.50 bits per heavy atom. The van der Waals surface area contributed by atoms with Crippen LogP contribution in [0.3, 0.4) is 0 Å². The van der Waals surface area contributed by atoms with Crippen LogP contribution >= 0.6 is 12.2 Å². The second-order valence-electron chi connectivity index (χ2n) is 6.79. The van der Waals surface area contributed by atoms with Gasteiger partial charge in [-0.3, -0.25) is 14.9 Å². The third kappa shape index (κ3) is 7.48. The number of ether oxygens (including phenoxy) is 1. The van der Waals surface area contributed by atoms with E-state index in [1.807, 2.05) is 6.07 Å². The van der Waals surface area contributed by atoms with Gasteiger partial charge in [-0.05, 0) is 55.4 Å². The van der Waals surface area contributed by atoms with Gasteiger partial charge in [0.05, 0.1) is 17.9 Å². The van der Waals surface area contributed by atoms with E-state index in [0.717, 1.165) is 25.7 Å². The van der Waals surface area contributed by atoms with Crippen LogP contribution in [-0.4, -0.2) is 30.1 Å². The van der Waals surface area contributed by atoms with Crippen LogP contribution in [0.2, 0.25) is 0 Å². The lowest BCUT2D eigenvalue weighted by atomic mass is 10.1.